The zero-order chi connectivity index (χ0) is 15.7. The van der Waals surface area contributed by atoms with E-state index in [0.29, 0.717) is 12.1 Å². The van der Waals surface area contributed by atoms with Gasteiger partial charge in [-0.05, 0) is 35.4 Å². The number of hydrazone groups is 1. The smallest absolute Gasteiger partial charge is 0.240 e. The molecular weight excluding hydrogens is 281 g/mol. The van der Waals surface area contributed by atoms with Crippen molar-refractivity contribution in [3.63, 3.8) is 0 Å². The summed E-state index contributed by atoms with van der Waals surface area (Å²) in [5.41, 5.74) is 8.82. The van der Waals surface area contributed by atoms with E-state index in [1.165, 1.54) is 24.1 Å². The zero-order valence-electron chi connectivity index (χ0n) is 12.2. The summed E-state index contributed by atoms with van der Waals surface area (Å²) in [7, 11) is 0. The SMILES string of the molecule is CC(=O)N1N=C(c2ccc(N)cc2)CC1c1cccc(F)c1. The number of nitrogens with zero attached hydrogens (tertiary/aromatic N) is 2. The molecule has 0 bridgehead atoms. The van der Waals surface area contributed by atoms with Crippen LogP contribution in [0.2, 0.25) is 0 Å². The number of carbonyl (C=O) groups is 1. The Kier molecular flexibility index (Phi) is 3.63. The van der Waals surface area contributed by atoms with Gasteiger partial charge >= 0.3 is 0 Å². The Bertz CT molecular complexity index is 740. The molecule has 3 rings (SSSR count). The molecule has 0 fully saturated rings. The maximum absolute atomic E-state index is 13.5. The molecule has 22 heavy (non-hydrogen) atoms. The van der Waals surface area contributed by atoms with Crippen molar-refractivity contribution in [3.05, 3.63) is 65.5 Å². The maximum atomic E-state index is 13.5. The number of halogens is 1. The van der Waals surface area contributed by atoms with Crippen LogP contribution in [0.5, 0.6) is 0 Å². The fourth-order valence-corrected chi connectivity index (χ4v) is 2.62. The minimum Gasteiger partial charge on any atom is -0.399 e. The van der Waals surface area contributed by atoms with E-state index >= 15 is 0 Å². The van der Waals surface area contributed by atoms with Gasteiger partial charge in [-0.2, -0.15) is 5.10 Å². The van der Waals surface area contributed by atoms with Gasteiger partial charge in [-0.25, -0.2) is 9.40 Å². The number of nitrogens with two attached hydrogens (primary N) is 1. The molecule has 0 saturated carbocycles. The van der Waals surface area contributed by atoms with Crippen LogP contribution >= 0.6 is 0 Å². The molecule has 1 aliphatic rings. The molecule has 0 saturated heterocycles. The Morgan fingerprint density at radius 1 is 1.27 bits per heavy atom. The molecule has 0 radical (unpaired) electrons. The van der Waals surface area contributed by atoms with Crippen LogP contribution in [0.25, 0.3) is 0 Å². The van der Waals surface area contributed by atoms with Gasteiger partial charge in [0.25, 0.3) is 0 Å². The van der Waals surface area contributed by atoms with Crippen LogP contribution in [0.3, 0.4) is 0 Å². The monoisotopic (exact) mass is 297 g/mol. The fourth-order valence-electron chi connectivity index (χ4n) is 2.62. The summed E-state index contributed by atoms with van der Waals surface area (Å²) in [5, 5.41) is 5.83. The quantitative estimate of drug-likeness (QED) is 0.866. The first-order valence-corrected chi connectivity index (χ1v) is 7.03. The molecule has 2 N–H and O–H groups in total. The van der Waals surface area contributed by atoms with Gasteiger partial charge in [-0.15, -0.1) is 0 Å². The minimum atomic E-state index is -0.318. The van der Waals surface area contributed by atoms with Crippen LogP contribution in [0.15, 0.2) is 53.6 Å². The third-order valence-electron chi connectivity index (χ3n) is 3.71. The van der Waals surface area contributed by atoms with E-state index in [1.54, 1.807) is 18.2 Å². The molecule has 4 nitrogen and oxygen atoms in total. The minimum absolute atomic E-state index is 0.167. The zero-order valence-corrected chi connectivity index (χ0v) is 12.2. The first-order valence-electron chi connectivity index (χ1n) is 7.03. The lowest BCUT2D eigenvalue weighted by molar-refractivity contribution is -0.130. The Morgan fingerprint density at radius 3 is 2.64 bits per heavy atom. The van der Waals surface area contributed by atoms with Gasteiger partial charge in [0.05, 0.1) is 11.8 Å². The fraction of sp³-hybridized carbons (Fsp3) is 0.176. The highest BCUT2D eigenvalue weighted by Crippen LogP contribution is 2.33. The molecule has 2 aromatic carbocycles. The standard InChI is InChI=1S/C17H16FN3O/c1-11(22)21-17(13-3-2-4-14(18)9-13)10-16(20-21)12-5-7-15(19)8-6-12/h2-9,17H,10,19H2,1H3. The topological polar surface area (TPSA) is 58.7 Å². The Balaban J connectivity index is 1.94. The third kappa shape index (κ3) is 2.70. The predicted molar refractivity (Wildman–Crippen MR) is 83.7 cm³/mol. The molecular formula is C17H16FN3O. The van der Waals surface area contributed by atoms with Crippen molar-refractivity contribution in [1.82, 2.24) is 5.01 Å². The van der Waals surface area contributed by atoms with E-state index in [-0.39, 0.29) is 17.8 Å². The van der Waals surface area contributed by atoms with Crippen molar-refractivity contribution < 1.29 is 9.18 Å². The van der Waals surface area contributed by atoms with Crippen molar-refractivity contribution in [2.24, 2.45) is 5.10 Å². The van der Waals surface area contributed by atoms with E-state index in [9.17, 15) is 9.18 Å². The number of benzene rings is 2. The normalized spacial score (nSPS) is 17.5. The molecule has 1 heterocycles. The van der Waals surface area contributed by atoms with Gasteiger partial charge in [0.1, 0.15) is 5.82 Å². The van der Waals surface area contributed by atoms with Crippen LogP contribution in [0.4, 0.5) is 10.1 Å². The number of amides is 1. The summed E-state index contributed by atoms with van der Waals surface area (Å²) < 4.78 is 13.5. The second-order valence-electron chi connectivity index (χ2n) is 5.31. The number of hydrogen-bond donors (Lipinski definition) is 1. The molecule has 5 heteroatoms. The average molecular weight is 297 g/mol. The predicted octanol–water partition coefficient (Wildman–Crippen LogP) is 3.11. The summed E-state index contributed by atoms with van der Waals surface area (Å²) >= 11 is 0. The summed E-state index contributed by atoms with van der Waals surface area (Å²) in [6.45, 7) is 1.46. The molecule has 1 atom stereocenters. The van der Waals surface area contributed by atoms with Crippen molar-refractivity contribution in [3.8, 4) is 0 Å². The maximum Gasteiger partial charge on any atom is 0.240 e. The lowest BCUT2D eigenvalue weighted by atomic mass is 9.98. The second-order valence-corrected chi connectivity index (χ2v) is 5.31. The molecule has 0 aliphatic carbocycles. The van der Waals surface area contributed by atoms with Gasteiger partial charge in [-0.1, -0.05) is 24.3 Å². The van der Waals surface area contributed by atoms with E-state index in [0.717, 1.165) is 16.8 Å². The van der Waals surface area contributed by atoms with Crippen molar-refractivity contribution >= 4 is 17.3 Å². The van der Waals surface area contributed by atoms with E-state index < -0.39 is 0 Å². The summed E-state index contributed by atoms with van der Waals surface area (Å²) in [5.74, 6) is -0.485. The summed E-state index contributed by atoms with van der Waals surface area (Å²) in [6.07, 6.45) is 0.549. The highest BCUT2D eigenvalue weighted by molar-refractivity contribution is 6.03. The number of anilines is 1. The van der Waals surface area contributed by atoms with E-state index in [2.05, 4.69) is 5.10 Å². The van der Waals surface area contributed by atoms with Gasteiger partial charge in [0, 0.05) is 19.0 Å². The van der Waals surface area contributed by atoms with E-state index in [1.807, 2.05) is 18.2 Å². The van der Waals surface area contributed by atoms with Crippen LogP contribution in [-0.2, 0) is 4.79 Å². The van der Waals surface area contributed by atoms with Gasteiger partial charge in [0.2, 0.25) is 5.91 Å². The number of hydrogen-bond acceptors (Lipinski definition) is 3. The van der Waals surface area contributed by atoms with Gasteiger partial charge in [0.15, 0.2) is 0 Å². The average Bonchev–Trinajstić information content (AvgIpc) is 2.93. The Hall–Kier alpha value is -2.69. The summed E-state index contributed by atoms with van der Waals surface area (Å²) in [4.78, 5) is 11.9. The van der Waals surface area contributed by atoms with Crippen LogP contribution in [-0.4, -0.2) is 16.6 Å². The number of carbonyl (C=O) groups excluding carboxylic acids is 1. The molecule has 1 aliphatic heterocycles. The Labute approximate surface area is 128 Å². The molecule has 1 amide bonds. The van der Waals surface area contributed by atoms with Crippen molar-refractivity contribution in [1.29, 1.82) is 0 Å². The first kappa shape index (κ1) is 14.3. The molecule has 0 spiro atoms. The number of nitrogen functional groups attached to an aromatic ring is 1. The highest BCUT2D eigenvalue weighted by Gasteiger charge is 2.31. The number of rotatable bonds is 2. The largest absolute Gasteiger partial charge is 0.399 e. The second kappa shape index (κ2) is 5.60. The molecule has 2 aromatic rings. The lowest BCUT2D eigenvalue weighted by Gasteiger charge is -2.20. The van der Waals surface area contributed by atoms with Crippen LogP contribution in [0.1, 0.15) is 30.5 Å². The molecule has 112 valence electrons. The molecule has 0 aromatic heterocycles. The van der Waals surface area contributed by atoms with Gasteiger partial charge in [-0.3, -0.25) is 4.79 Å². The highest BCUT2D eigenvalue weighted by atomic mass is 19.1. The molecule has 1 unspecified atom stereocenters. The van der Waals surface area contributed by atoms with E-state index in [4.69, 9.17) is 5.73 Å². The van der Waals surface area contributed by atoms with Crippen LogP contribution in [0, 0.1) is 5.82 Å². The van der Waals surface area contributed by atoms with Gasteiger partial charge < -0.3 is 5.73 Å². The lowest BCUT2D eigenvalue weighted by Crippen LogP contribution is -2.24. The van der Waals surface area contributed by atoms with Crippen molar-refractivity contribution in [2.45, 2.75) is 19.4 Å². The van der Waals surface area contributed by atoms with Crippen molar-refractivity contribution in [2.75, 3.05) is 5.73 Å². The third-order valence-corrected chi connectivity index (χ3v) is 3.71. The first-order chi connectivity index (χ1) is 10.5. The summed E-state index contributed by atoms with van der Waals surface area (Å²) in [6, 6.07) is 13.4. The van der Waals surface area contributed by atoms with Crippen LogP contribution < -0.4 is 5.73 Å². The Morgan fingerprint density at radius 2 is 2.00 bits per heavy atom.